The molecule has 1 amide bonds. The van der Waals surface area contributed by atoms with Gasteiger partial charge in [0.2, 0.25) is 5.91 Å². The van der Waals surface area contributed by atoms with Gasteiger partial charge in [0.25, 0.3) is 0 Å². The molecule has 0 saturated carbocycles. The lowest BCUT2D eigenvalue weighted by molar-refractivity contribution is -0.117. The number of β-amino-alcohol motifs (C(OH)–C–C–N with tert-alkyl or cyclic N) is 1. The minimum absolute atomic E-state index is 0.0946. The normalized spacial score (nSPS) is 19.9. The highest BCUT2D eigenvalue weighted by molar-refractivity contribution is 6.31. The second-order valence-electron chi connectivity index (χ2n) is 3.64. The van der Waals surface area contributed by atoms with Crippen molar-refractivity contribution >= 4 is 23.2 Å². The third kappa shape index (κ3) is 1.87. The molecule has 4 nitrogen and oxygen atoms in total. The molecule has 1 aliphatic heterocycles. The smallest absolute Gasteiger partial charge is 0.229 e. The van der Waals surface area contributed by atoms with Crippen molar-refractivity contribution in [2.24, 2.45) is 0 Å². The number of nitrogens with zero attached hydrogens (tertiary/aromatic N) is 2. The molecule has 82 valence electrons. The topological polar surface area (TPSA) is 64.3 Å². The van der Waals surface area contributed by atoms with E-state index in [2.05, 4.69) is 0 Å². The molecule has 0 aliphatic carbocycles. The van der Waals surface area contributed by atoms with Crippen molar-refractivity contribution in [3.05, 3.63) is 28.8 Å². The van der Waals surface area contributed by atoms with Gasteiger partial charge in [-0.2, -0.15) is 5.26 Å². The van der Waals surface area contributed by atoms with Crippen LogP contribution in [-0.4, -0.2) is 23.7 Å². The first-order valence-electron chi connectivity index (χ1n) is 4.80. The van der Waals surface area contributed by atoms with Crippen molar-refractivity contribution in [3.63, 3.8) is 0 Å². The predicted octanol–water partition coefficient (Wildman–Crippen LogP) is 1.31. The van der Waals surface area contributed by atoms with E-state index < -0.39 is 6.10 Å². The molecule has 1 aromatic rings. The average molecular weight is 237 g/mol. The van der Waals surface area contributed by atoms with Crippen molar-refractivity contribution in [3.8, 4) is 6.07 Å². The van der Waals surface area contributed by atoms with Crippen LogP contribution in [0.5, 0.6) is 0 Å². The molecule has 0 spiro atoms. The highest BCUT2D eigenvalue weighted by Gasteiger charge is 2.30. The molecule has 1 saturated heterocycles. The SMILES string of the molecule is N#Cc1ccc(Cl)cc1N1CC(O)CC1=O. The second kappa shape index (κ2) is 4.12. The Balaban J connectivity index is 2.44. The molecule has 1 aliphatic rings. The van der Waals surface area contributed by atoms with Crippen LogP contribution in [0.1, 0.15) is 12.0 Å². The highest BCUT2D eigenvalue weighted by atomic mass is 35.5. The first kappa shape index (κ1) is 10.9. The number of carbonyl (C=O) groups is 1. The van der Waals surface area contributed by atoms with Crippen LogP contribution in [-0.2, 0) is 4.79 Å². The molecule has 1 unspecified atom stereocenters. The molecule has 1 atom stereocenters. The maximum Gasteiger partial charge on any atom is 0.229 e. The first-order chi connectivity index (χ1) is 7.61. The molecule has 1 aromatic carbocycles. The van der Waals surface area contributed by atoms with Gasteiger partial charge in [0.1, 0.15) is 6.07 Å². The zero-order valence-electron chi connectivity index (χ0n) is 8.35. The summed E-state index contributed by atoms with van der Waals surface area (Å²) in [5, 5.41) is 18.8. The van der Waals surface area contributed by atoms with Gasteiger partial charge in [-0.1, -0.05) is 11.6 Å². The lowest BCUT2D eigenvalue weighted by atomic mass is 10.2. The van der Waals surface area contributed by atoms with Crippen molar-refractivity contribution in [1.29, 1.82) is 5.26 Å². The van der Waals surface area contributed by atoms with Crippen LogP contribution in [0.4, 0.5) is 5.69 Å². The van der Waals surface area contributed by atoms with E-state index in [1.807, 2.05) is 6.07 Å². The van der Waals surface area contributed by atoms with Crippen molar-refractivity contribution in [1.82, 2.24) is 0 Å². The van der Waals surface area contributed by atoms with Gasteiger partial charge in [-0.05, 0) is 18.2 Å². The van der Waals surface area contributed by atoms with Crippen LogP contribution in [0.3, 0.4) is 0 Å². The van der Waals surface area contributed by atoms with Crippen LogP contribution in [0.2, 0.25) is 5.02 Å². The largest absolute Gasteiger partial charge is 0.391 e. The molecule has 2 rings (SSSR count). The number of amides is 1. The van der Waals surface area contributed by atoms with E-state index in [9.17, 15) is 9.90 Å². The summed E-state index contributed by atoms with van der Waals surface area (Å²) in [5.74, 6) is -0.189. The molecule has 1 N–H and O–H groups in total. The number of carbonyl (C=O) groups excluding carboxylic acids is 1. The van der Waals surface area contributed by atoms with Crippen LogP contribution >= 0.6 is 11.6 Å². The zero-order chi connectivity index (χ0) is 11.7. The lowest BCUT2D eigenvalue weighted by Gasteiger charge is -2.17. The summed E-state index contributed by atoms with van der Waals surface area (Å²) < 4.78 is 0. The maximum atomic E-state index is 11.6. The lowest BCUT2D eigenvalue weighted by Crippen LogP contribution is -2.26. The molecular weight excluding hydrogens is 228 g/mol. The fraction of sp³-hybridized carbons (Fsp3) is 0.273. The molecule has 0 radical (unpaired) electrons. The van der Waals surface area contributed by atoms with Crippen LogP contribution in [0, 0.1) is 11.3 Å². The Morgan fingerprint density at radius 1 is 1.56 bits per heavy atom. The standard InChI is InChI=1S/C11H9ClN2O2/c12-8-2-1-7(5-13)10(3-8)14-6-9(15)4-11(14)16/h1-3,9,15H,4,6H2. The zero-order valence-corrected chi connectivity index (χ0v) is 9.11. The molecule has 0 aromatic heterocycles. The van der Waals surface area contributed by atoms with Gasteiger partial charge >= 0.3 is 0 Å². The Morgan fingerprint density at radius 3 is 2.88 bits per heavy atom. The number of anilines is 1. The Bertz CT molecular complexity index is 481. The fourth-order valence-corrected chi connectivity index (χ4v) is 1.91. The van der Waals surface area contributed by atoms with Gasteiger partial charge in [0.05, 0.1) is 30.3 Å². The van der Waals surface area contributed by atoms with Crippen molar-refractivity contribution in [2.75, 3.05) is 11.4 Å². The molecular formula is C11H9ClN2O2. The number of hydrogen-bond acceptors (Lipinski definition) is 3. The highest BCUT2D eigenvalue weighted by Crippen LogP contribution is 2.28. The van der Waals surface area contributed by atoms with Crippen molar-refractivity contribution in [2.45, 2.75) is 12.5 Å². The number of rotatable bonds is 1. The van der Waals surface area contributed by atoms with Crippen molar-refractivity contribution < 1.29 is 9.90 Å². The summed E-state index contributed by atoms with van der Waals surface area (Å²) in [4.78, 5) is 13.0. The molecule has 5 heteroatoms. The minimum Gasteiger partial charge on any atom is -0.391 e. The van der Waals surface area contributed by atoms with E-state index in [-0.39, 0.29) is 18.9 Å². The summed E-state index contributed by atoms with van der Waals surface area (Å²) in [6.45, 7) is 0.216. The molecule has 0 bridgehead atoms. The summed E-state index contributed by atoms with van der Waals surface area (Å²) in [5.41, 5.74) is 0.850. The van der Waals surface area contributed by atoms with Crippen LogP contribution in [0.25, 0.3) is 0 Å². The van der Waals surface area contributed by atoms with E-state index >= 15 is 0 Å². The molecule has 16 heavy (non-hydrogen) atoms. The Hall–Kier alpha value is -1.57. The predicted molar refractivity (Wildman–Crippen MR) is 59.1 cm³/mol. The van der Waals surface area contributed by atoms with Gasteiger partial charge in [-0.3, -0.25) is 4.79 Å². The Labute approximate surface area is 97.7 Å². The second-order valence-corrected chi connectivity index (χ2v) is 4.07. The Morgan fingerprint density at radius 2 is 2.31 bits per heavy atom. The molecule has 1 heterocycles. The van der Waals surface area contributed by atoms with E-state index in [1.165, 1.54) is 4.90 Å². The van der Waals surface area contributed by atoms with E-state index in [0.29, 0.717) is 16.3 Å². The number of aliphatic hydroxyl groups is 1. The van der Waals surface area contributed by atoms with E-state index in [0.717, 1.165) is 0 Å². The minimum atomic E-state index is -0.668. The van der Waals surface area contributed by atoms with Gasteiger partial charge in [0.15, 0.2) is 0 Å². The fourth-order valence-electron chi connectivity index (χ4n) is 1.74. The molecule has 1 fully saturated rings. The van der Waals surface area contributed by atoms with Crippen LogP contribution < -0.4 is 4.90 Å². The summed E-state index contributed by atoms with van der Waals surface area (Å²) in [6.07, 6.45) is -0.574. The first-order valence-corrected chi connectivity index (χ1v) is 5.17. The number of benzene rings is 1. The van der Waals surface area contributed by atoms with Gasteiger partial charge in [-0.25, -0.2) is 0 Å². The van der Waals surface area contributed by atoms with Gasteiger partial charge in [-0.15, -0.1) is 0 Å². The summed E-state index contributed by atoms with van der Waals surface area (Å²) in [6, 6.07) is 6.73. The number of halogens is 1. The number of aliphatic hydroxyl groups excluding tert-OH is 1. The van der Waals surface area contributed by atoms with E-state index in [1.54, 1.807) is 18.2 Å². The van der Waals surface area contributed by atoms with Gasteiger partial charge < -0.3 is 10.0 Å². The Kier molecular flexibility index (Phi) is 2.82. The average Bonchev–Trinajstić information content (AvgIpc) is 2.57. The monoisotopic (exact) mass is 236 g/mol. The maximum absolute atomic E-state index is 11.6. The summed E-state index contributed by atoms with van der Waals surface area (Å²) in [7, 11) is 0. The van der Waals surface area contributed by atoms with E-state index in [4.69, 9.17) is 16.9 Å². The summed E-state index contributed by atoms with van der Waals surface area (Å²) >= 11 is 5.83. The van der Waals surface area contributed by atoms with Crippen LogP contribution in [0.15, 0.2) is 18.2 Å². The number of hydrogen-bond donors (Lipinski definition) is 1. The third-order valence-corrected chi connectivity index (χ3v) is 2.71. The third-order valence-electron chi connectivity index (χ3n) is 2.48. The van der Waals surface area contributed by atoms with Gasteiger partial charge in [0, 0.05) is 5.02 Å². The quantitative estimate of drug-likeness (QED) is 0.800. The number of nitriles is 1.